The first kappa shape index (κ1) is 15.1. The van der Waals surface area contributed by atoms with Crippen LogP contribution >= 0.6 is 11.3 Å². The highest BCUT2D eigenvalue weighted by Crippen LogP contribution is 2.33. The molecule has 1 aliphatic rings. The van der Waals surface area contributed by atoms with Crippen molar-refractivity contribution in [1.29, 1.82) is 0 Å². The van der Waals surface area contributed by atoms with Crippen molar-refractivity contribution in [1.82, 2.24) is 14.8 Å². The zero-order chi connectivity index (χ0) is 16.9. The molecule has 0 saturated carbocycles. The van der Waals surface area contributed by atoms with Gasteiger partial charge in [0.05, 0.1) is 35.5 Å². The number of fused-ring (bicyclic) bond motifs is 1. The SMILES string of the molecule is CC1(Cn2nc(-c3csc(C(N)=O)c3)c3c(=O)[nH]ccc32)COC1. The molecule has 3 N–H and O–H groups in total. The number of thiophene rings is 1. The van der Waals surface area contributed by atoms with E-state index in [4.69, 9.17) is 10.5 Å². The first-order chi connectivity index (χ1) is 11.5. The number of pyridine rings is 1. The number of nitrogens with zero attached hydrogens (tertiary/aromatic N) is 2. The van der Waals surface area contributed by atoms with Crippen LogP contribution in [-0.4, -0.2) is 33.9 Å². The minimum Gasteiger partial charge on any atom is -0.380 e. The lowest BCUT2D eigenvalue weighted by atomic mass is 9.89. The molecule has 0 aliphatic carbocycles. The normalized spacial score (nSPS) is 16.2. The lowest BCUT2D eigenvalue weighted by Gasteiger charge is -2.37. The fourth-order valence-corrected chi connectivity index (χ4v) is 3.70. The van der Waals surface area contributed by atoms with Crippen LogP contribution in [0.5, 0.6) is 0 Å². The first-order valence-electron chi connectivity index (χ1n) is 7.51. The third-order valence-electron chi connectivity index (χ3n) is 4.22. The summed E-state index contributed by atoms with van der Waals surface area (Å²) < 4.78 is 7.16. The number of H-pyrrole nitrogens is 1. The van der Waals surface area contributed by atoms with E-state index in [9.17, 15) is 9.59 Å². The van der Waals surface area contributed by atoms with Crippen LogP contribution in [-0.2, 0) is 11.3 Å². The predicted molar refractivity (Wildman–Crippen MR) is 91.1 cm³/mol. The van der Waals surface area contributed by atoms with Crippen LogP contribution in [0.4, 0.5) is 0 Å². The van der Waals surface area contributed by atoms with Crippen LogP contribution in [0.3, 0.4) is 0 Å². The second-order valence-corrected chi connectivity index (χ2v) is 7.35. The topological polar surface area (TPSA) is 103 Å². The Morgan fingerprint density at radius 3 is 2.96 bits per heavy atom. The molecule has 1 fully saturated rings. The van der Waals surface area contributed by atoms with Crippen molar-refractivity contribution in [3.8, 4) is 11.3 Å². The van der Waals surface area contributed by atoms with Gasteiger partial charge in [-0.25, -0.2) is 0 Å². The van der Waals surface area contributed by atoms with Gasteiger partial charge in [-0.2, -0.15) is 5.10 Å². The fourth-order valence-electron chi connectivity index (χ4n) is 2.95. The Balaban J connectivity index is 1.88. The maximum atomic E-state index is 12.4. The number of aromatic nitrogens is 3. The summed E-state index contributed by atoms with van der Waals surface area (Å²) in [4.78, 5) is 26.8. The van der Waals surface area contributed by atoms with Crippen LogP contribution in [0, 0.1) is 5.41 Å². The van der Waals surface area contributed by atoms with Crippen LogP contribution in [0.2, 0.25) is 0 Å². The molecule has 0 unspecified atom stereocenters. The van der Waals surface area contributed by atoms with Crippen molar-refractivity contribution in [3.63, 3.8) is 0 Å². The van der Waals surface area contributed by atoms with E-state index in [1.807, 2.05) is 10.7 Å². The Labute approximate surface area is 141 Å². The van der Waals surface area contributed by atoms with Crippen molar-refractivity contribution >= 4 is 28.1 Å². The van der Waals surface area contributed by atoms with E-state index in [1.165, 1.54) is 11.3 Å². The summed E-state index contributed by atoms with van der Waals surface area (Å²) in [5, 5.41) is 6.98. The Bertz CT molecular complexity index is 996. The Hall–Kier alpha value is -2.45. The highest BCUT2D eigenvalue weighted by atomic mass is 32.1. The van der Waals surface area contributed by atoms with E-state index in [-0.39, 0.29) is 11.0 Å². The first-order valence-corrected chi connectivity index (χ1v) is 8.39. The molecule has 1 amide bonds. The zero-order valence-electron chi connectivity index (χ0n) is 13.0. The molecule has 4 rings (SSSR count). The molecule has 7 nitrogen and oxygen atoms in total. The van der Waals surface area contributed by atoms with Gasteiger partial charge < -0.3 is 15.5 Å². The largest absolute Gasteiger partial charge is 0.380 e. The molecule has 124 valence electrons. The number of hydrogen-bond acceptors (Lipinski definition) is 5. The second-order valence-electron chi connectivity index (χ2n) is 6.44. The van der Waals surface area contributed by atoms with Gasteiger partial charge in [-0.3, -0.25) is 14.3 Å². The molecule has 1 saturated heterocycles. The standard InChI is InChI=1S/C16H16N4O3S/c1-16(7-23-8-16)6-20-10-2-3-18-15(22)12(10)13(19-20)9-4-11(14(17)21)24-5-9/h2-5H,6-8H2,1H3,(H2,17,21)(H,18,22). The third-order valence-corrected chi connectivity index (χ3v) is 5.17. The van der Waals surface area contributed by atoms with Gasteiger partial charge >= 0.3 is 0 Å². The van der Waals surface area contributed by atoms with Crippen molar-refractivity contribution in [2.24, 2.45) is 11.1 Å². The van der Waals surface area contributed by atoms with Crippen molar-refractivity contribution in [3.05, 3.63) is 38.9 Å². The predicted octanol–water partition coefficient (Wildman–Crippen LogP) is 1.59. The van der Waals surface area contributed by atoms with Crippen LogP contribution in [0.15, 0.2) is 28.5 Å². The zero-order valence-corrected chi connectivity index (χ0v) is 13.9. The minimum absolute atomic E-state index is 0.0197. The number of nitrogens with two attached hydrogens (primary N) is 1. The van der Waals surface area contributed by atoms with Crippen molar-refractivity contribution in [2.45, 2.75) is 13.5 Å². The van der Waals surface area contributed by atoms with Crippen LogP contribution < -0.4 is 11.3 Å². The lowest BCUT2D eigenvalue weighted by Crippen LogP contribution is -2.43. The van der Waals surface area contributed by atoms with Gasteiger partial charge in [-0.05, 0) is 12.1 Å². The molecule has 1 aliphatic heterocycles. The number of rotatable bonds is 4. The molecule has 4 heterocycles. The van der Waals surface area contributed by atoms with Crippen molar-refractivity contribution in [2.75, 3.05) is 13.2 Å². The van der Waals surface area contributed by atoms with E-state index >= 15 is 0 Å². The van der Waals surface area contributed by atoms with Gasteiger partial charge in [0.15, 0.2) is 0 Å². The highest BCUT2D eigenvalue weighted by molar-refractivity contribution is 7.12. The van der Waals surface area contributed by atoms with E-state index in [1.54, 1.807) is 17.6 Å². The fraction of sp³-hybridized carbons (Fsp3) is 0.312. The number of carbonyl (C=O) groups is 1. The molecule has 3 aromatic rings. The second kappa shape index (κ2) is 5.29. The summed E-state index contributed by atoms with van der Waals surface area (Å²) in [5.41, 5.74) is 7.21. The maximum Gasteiger partial charge on any atom is 0.259 e. The molecule has 24 heavy (non-hydrogen) atoms. The van der Waals surface area contributed by atoms with Gasteiger partial charge in [0.25, 0.3) is 11.5 Å². The number of ether oxygens (including phenoxy) is 1. The van der Waals surface area contributed by atoms with E-state index in [0.717, 1.165) is 11.1 Å². The third kappa shape index (κ3) is 2.35. The lowest BCUT2D eigenvalue weighted by molar-refractivity contribution is -0.111. The number of carbonyl (C=O) groups excluding carboxylic acids is 1. The Morgan fingerprint density at radius 1 is 1.54 bits per heavy atom. The number of nitrogens with one attached hydrogen (secondary N) is 1. The molecule has 0 aromatic carbocycles. The molecular formula is C16H16N4O3S. The molecule has 0 bridgehead atoms. The summed E-state index contributed by atoms with van der Waals surface area (Å²) >= 11 is 1.25. The summed E-state index contributed by atoms with van der Waals surface area (Å²) in [5.74, 6) is -0.483. The average Bonchev–Trinajstić information content (AvgIpc) is 3.12. The average molecular weight is 344 g/mol. The molecule has 8 heteroatoms. The number of aromatic amines is 1. The summed E-state index contributed by atoms with van der Waals surface area (Å²) in [7, 11) is 0. The minimum atomic E-state index is -0.483. The van der Waals surface area contributed by atoms with Crippen molar-refractivity contribution < 1.29 is 9.53 Å². The number of hydrogen-bond donors (Lipinski definition) is 2. The summed E-state index contributed by atoms with van der Waals surface area (Å²) in [6, 6.07) is 3.53. The maximum absolute atomic E-state index is 12.4. The van der Waals surface area contributed by atoms with Gasteiger partial charge in [0.1, 0.15) is 5.69 Å². The monoisotopic (exact) mass is 344 g/mol. The van der Waals surface area contributed by atoms with E-state index in [0.29, 0.717) is 35.7 Å². The summed E-state index contributed by atoms with van der Waals surface area (Å²) in [6.45, 7) is 4.15. The molecule has 0 spiro atoms. The Kier molecular flexibility index (Phi) is 3.33. The number of primary amides is 1. The summed E-state index contributed by atoms with van der Waals surface area (Å²) in [6.07, 6.45) is 1.62. The smallest absolute Gasteiger partial charge is 0.259 e. The van der Waals surface area contributed by atoms with Gasteiger partial charge in [-0.1, -0.05) is 6.92 Å². The highest BCUT2D eigenvalue weighted by Gasteiger charge is 2.35. The van der Waals surface area contributed by atoms with Crippen LogP contribution in [0.25, 0.3) is 22.2 Å². The number of amides is 1. The van der Waals surface area contributed by atoms with Gasteiger partial charge in [-0.15, -0.1) is 11.3 Å². The molecule has 3 aromatic heterocycles. The molecule has 0 radical (unpaired) electrons. The van der Waals surface area contributed by atoms with Crippen LogP contribution in [0.1, 0.15) is 16.6 Å². The molecular weight excluding hydrogens is 328 g/mol. The van der Waals surface area contributed by atoms with Gasteiger partial charge in [0.2, 0.25) is 0 Å². The molecule has 0 atom stereocenters. The van der Waals surface area contributed by atoms with E-state index in [2.05, 4.69) is 17.0 Å². The van der Waals surface area contributed by atoms with Gasteiger partial charge in [0, 0.05) is 22.6 Å². The Morgan fingerprint density at radius 2 is 2.33 bits per heavy atom. The van der Waals surface area contributed by atoms with E-state index < -0.39 is 5.91 Å². The quantitative estimate of drug-likeness (QED) is 0.750.